The van der Waals surface area contributed by atoms with Gasteiger partial charge in [-0.25, -0.2) is 0 Å². The highest BCUT2D eigenvalue weighted by Gasteiger charge is 2.39. The number of nitrogens with one attached hydrogen (secondary N) is 1. The van der Waals surface area contributed by atoms with E-state index in [1.54, 1.807) is 36.5 Å². The van der Waals surface area contributed by atoms with Crippen LogP contribution in [0.4, 0.5) is 0 Å². The molecule has 1 heterocycles. The fraction of sp³-hybridized carbons (Fsp3) is 0.242. The first kappa shape index (κ1) is 29.5. The zero-order valence-corrected chi connectivity index (χ0v) is 23.2. The maximum atomic E-state index is 13.3. The van der Waals surface area contributed by atoms with Gasteiger partial charge in [-0.3, -0.25) is 24.2 Å². The molecular weight excluding hydrogens is 516 g/mol. The van der Waals surface area contributed by atoms with Gasteiger partial charge in [-0.2, -0.15) is 0 Å². The van der Waals surface area contributed by atoms with Gasteiger partial charge in [0.2, 0.25) is 0 Å². The van der Waals surface area contributed by atoms with Crippen LogP contribution >= 0.6 is 0 Å². The summed E-state index contributed by atoms with van der Waals surface area (Å²) in [6, 6.07) is 24.5. The van der Waals surface area contributed by atoms with Gasteiger partial charge in [0.1, 0.15) is 0 Å². The summed E-state index contributed by atoms with van der Waals surface area (Å²) < 4.78 is 0. The molecule has 0 bridgehead atoms. The van der Waals surface area contributed by atoms with Crippen LogP contribution in [-0.2, 0) is 20.8 Å². The Labute approximate surface area is 239 Å². The molecule has 3 aromatic carbocycles. The molecule has 0 aliphatic heterocycles. The van der Waals surface area contributed by atoms with Crippen LogP contribution in [0.3, 0.4) is 0 Å². The van der Waals surface area contributed by atoms with E-state index in [0.717, 1.165) is 22.0 Å². The number of amides is 1. The summed E-state index contributed by atoms with van der Waals surface area (Å²) in [6.07, 6.45) is 1.10. The normalized spacial score (nSPS) is 12.2. The Morgan fingerprint density at radius 1 is 0.854 bits per heavy atom. The topological polar surface area (TPSA) is 145 Å². The van der Waals surface area contributed by atoms with Gasteiger partial charge in [-0.1, -0.05) is 74.5 Å². The van der Waals surface area contributed by atoms with E-state index in [1.807, 2.05) is 68.4 Å². The van der Waals surface area contributed by atoms with E-state index in [-0.39, 0.29) is 12.3 Å². The zero-order valence-electron chi connectivity index (χ0n) is 23.2. The Bertz CT molecular complexity index is 1580. The van der Waals surface area contributed by atoms with Gasteiger partial charge < -0.3 is 16.8 Å². The van der Waals surface area contributed by atoms with Crippen molar-refractivity contribution in [2.75, 3.05) is 0 Å². The fourth-order valence-corrected chi connectivity index (χ4v) is 4.69. The van der Waals surface area contributed by atoms with E-state index in [1.165, 1.54) is 0 Å². The molecule has 0 aliphatic carbocycles. The van der Waals surface area contributed by atoms with Crippen molar-refractivity contribution in [2.45, 2.75) is 44.8 Å². The molecule has 0 spiro atoms. The number of hydrogen-bond acceptors (Lipinski definition) is 7. The standard InChI is InChI=1S/C33H34N4O4/c1-21(2)17-28(37-32(41)26-14-8-11-23-10-3-4-13-25(23)26)29(38)20-31(40)33(34,35)30(39)19-22-9-7-12-24(18-22)27-15-5-6-16-36-27/h3-16,18,21,28H,17,19-20,34-35H2,1-2H3,(H,37,41)/t28-/m0/s1. The third-order valence-electron chi connectivity index (χ3n) is 6.95. The molecule has 0 aliphatic rings. The molecule has 0 fully saturated rings. The Morgan fingerprint density at radius 3 is 2.29 bits per heavy atom. The van der Waals surface area contributed by atoms with E-state index >= 15 is 0 Å². The molecular formula is C33H34N4O4. The van der Waals surface area contributed by atoms with Crippen LogP contribution in [-0.4, -0.2) is 39.9 Å². The van der Waals surface area contributed by atoms with Crippen molar-refractivity contribution in [1.29, 1.82) is 0 Å². The number of hydrogen-bond donors (Lipinski definition) is 3. The number of carbonyl (C=O) groups excluding carboxylic acids is 4. The number of carbonyl (C=O) groups is 4. The summed E-state index contributed by atoms with van der Waals surface area (Å²) in [4.78, 5) is 57.0. The van der Waals surface area contributed by atoms with Crippen molar-refractivity contribution in [3.63, 3.8) is 0 Å². The predicted molar refractivity (Wildman–Crippen MR) is 159 cm³/mol. The van der Waals surface area contributed by atoms with Crippen LogP contribution in [0.25, 0.3) is 22.0 Å². The lowest BCUT2D eigenvalue weighted by Gasteiger charge is -2.24. The van der Waals surface area contributed by atoms with E-state index < -0.39 is 41.4 Å². The number of pyridine rings is 1. The summed E-state index contributed by atoms with van der Waals surface area (Å²) in [5, 5.41) is 4.43. The van der Waals surface area contributed by atoms with Gasteiger partial charge in [-0.15, -0.1) is 0 Å². The lowest BCUT2D eigenvalue weighted by molar-refractivity contribution is -0.136. The number of rotatable bonds is 12. The third-order valence-corrected chi connectivity index (χ3v) is 6.95. The number of nitrogens with zero attached hydrogens (tertiary/aromatic N) is 1. The molecule has 1 amide bonds. The largest absolute Gasteiger partial charge is 0.342 e. The lowest BCUT2D eigenvalue weighted by Crippen LogP contribution is -2.63. The molecule has 41 heavy (non-hydrogen) atoms. The first-order valence-corrected chi connectivity index (χ1v) is 13.5. The molecule has 8 nitrogen and oxygen atoms in total. The Kier molecular flexibility index (Phi) is 9.17. The maximum absolute atomic E-state index is 13.3. The summed E-state index contributed by atoms with van der Waals surface area (Å²) in [6.45, 7) is 3.82. The van der Waals surface area contributed by atoms with Gasteiger partial charge >= 0.3 is 0 Å². The van der Waals surface area contributed by atoms with Crippen LogP contribution < -0.4 is 16.8 Å². The van der Waals surface area contributed by atoms with Crippen molar-refractivity contribution in [3.05, 3.63) is 102 Å². The summed E-state index contributed by atoms with van der Waals surface area (Å²) in [5.41, 5.74) is 12.3. The van der Waals surface area contributed by atoms with Crippen molar-refractivity contribution in [1.82, 2.24) is 10.3 Å². The van der Waals surface area contributed by atoms with E-state index in [0.29, 0.717) is 17.5 Å². The predicted octanol–water partition coefficient (Wildman–Crippen LogP) is 4.00. The minimum Gasteiger partial charge on any atom is -0.342 e. The average molecular weight is 551 g/mol. The molecule has 210 valence electrons. The second kappa shape index (κ2) is 12.8. The summed E-state index contributed by atoms with van der Waals surface area (Å²) >= 11 is 0. The van der Waals surface area contributed by atoms with Crippen LogP contribution in [0.2, 0.25) is 0 Å². The molecule has 8 heteroatoms. The summed E-state index contributed by atoms with van der Waals surface area (Å²) in [5.74, 6) is -2.55. The number of ketones is 3. The molecule has 5 N–H and O–H groups in total. The van der Waals surface area contributed by atoms with Crippen LogP contribution in [0.5, 0.6) is 0 Å². The number of Topliss-reactive ketones (excluding diaryl/α,β-unsaturated/α-hetero) is 3. The zero-order chi connectivity index (χ0) is 29.6. The molecule has 0 saturated carbocycles. The maximum Gasteiger partial charge on any atom is 0.252 e. The van der Waals surface area contributed by atoms with E-state index in [9.17, 15) is 19.2 Å². The van der Waals surface area contributed by atoms with Crippen molar-refractivity contribution in [3.8, 4) is 11.3 Å². The number of aromatic nitrogens is 1. The smallest absolute Gasteiger partial charge is 0.252 e. The van der Waals surface area contributed by atoms with Crippen molar-refractivity contribution in [2.24, 2.45) is 17.4 Å². The number of fused-ring (bicyclic) bond motifs is 1. The first-order chi connectivity index (χ1) is 19.6. The van der Waals surface area contributed by atoms with E-state index in [4.69, 9.17) is 11.5 Å². The monoisotopic (exact) mass is 550 g/mol. The van der Waals surface area contributed by atoms with Crippen molar-refractivity contribution < 1.29 is 19.2 Å². The van der Waals surface area contributed by atoms with Gasteiger partial charge in [-0.05, 0) is 52.9 Å². The van der Waals surface area contributed by atoms with Crippen molar-refractivity contribution >= 4 is 34.0 Å². The number of nitrogens with two attached hydrogens (primary N) is 2. The number of benzene rings is 3. The van der Waals surface area contributed by atoms with Gasteiger partial charge in [0, 0.05) is 23.7 Å². The highest BCUT2D eigenvalue weighted by molar-refractivity contribution is 6.17. The van der Waals surface area contributed by atoms with Gasteiger partial charge in [0.05, 0.1) is 18.2 Å². The molecule has 0 radical (unpaired) electrons. The Hall–Kier alpha value is -4.53. The third kappa shape index (κ3) is 7.16. The molecule has 4 rings (SSSR count). The SMILES string of the molecule is CC(C)C[C@H](NC(=O)c1cccc2ccccc12)C(=O)CC(=O)C(N)(N)C(=O)Cc1cccc(-c2ccccn2)c1. The van der Waals surface area contributed by atoms with Gasteiger partial charge in [0.15, 0.2) is 23.0 Å². The Balaban J connectivity index is 1.45. The first-order valence-electron chi connectivity index (χ1n) is 13.5. The second-order valence-electron chi connectivity index (χ2n) is 10.6. The highest BCUT2D eigenvalue weighted by Crippen LogP contribution is 2.21. The lowest BCUT2D eigenvalue weighted by atomic mass is 9.89. The molecule has 0 unspecified atom stereocenters. The van der Waals surface area contributed by atoms with Gasteiger partial charge in [0.25, 0.3) is 5.91 Å². The van der Waals surface area contributed by atoms with Crippen LogP contribution in [0, 0.1) is 5.92 Å². The van der Waals surface area contributed by atoms with E-state index in [2.05, 4.69) is 10.3 Å². The highest BCUT2D eigenvalue weighted by atomic mass is 16.2. The average Bonchev–Trinajstić information content (AvgIpc) is 2.96. The molecule has 1 aromatic heterocycles. The minimum atomic E-state index is -2.36. The molecule has 1 atom stereocenters. The van der Waals surface area contributed by atoms with Crippen LogP contribution in [0.1, 0.15) is 42.6 Å². The van der Waals surface area contributed by atoms with Crippen LogP contribution in [0.15, 0.2) is 91.1 Å². The second-order valence-corrected chi connectivity index (χ2v) is 10.6. The fourth-order valence-electron chi connectivity index (χ4n) is 4.69. The minimum absolute atomic E-state index is 0.0420. The summed E-state index contributed by atoms with van der Waals surface area (Å²) in [7, 11) is 0. The molecule has 0 saturated heterocycles. The quantitative estimate of drug-likeness (QED) is 0.179. The molecule has 4 aromatic rings. The Morgan fingerprint density at radius 2 is 1.56 bits per heavy atom.